The van der Waals surface area contributed by atoms with Crippen molar-refractivity contribution in [3.63, 3.8) is 0 Å². The lowest BCUT2D eigenvalue weighted by molar-refractivity contribution is -0.144. The van der Waals surface area contributed by atoms with E-state index >= 15 is 0 Å². The molecule has 0 fully saturated rings. The van der Waals surface area contributed by atoms with E-state index in [1.807, 2.05) is 30.8 Å². The normalized spacial score (nSPS) is 12.6. The van der Waals surface area contributed by atoms with Crippen LogP contribution in [0.4, 0.5) is 5.69 Å². The molecule has 2 N–H and O–H groups in total. The SMILES string of the molecule is CC(C(=O)O)C(=O)Nc1ccc2cn(C(C)C)nc2c1. The number of aliphatic carboxylic acids is 1. The van der Waals surface area contributed by atoms with Gasteiger partial charge in [-0.3, -0.25) is 14.3 Å². The summed E-state index contributed by atoms with van der Waals surface area (Å²) in [5.41, 5.74) is 1.31. The first-order valence-corrected chi connectivity index (χ1v) is 6.41. The molecule has 1 atom stereocenters. The Bertz CT molecular complexity index is 661. The van der Waals surface area contributed by atoms with Crippen molar-refractivity contribution in [3.05, 3.63) is 24.4 Å². The van der Waals surface area contributed by atoms with Gasteiger partial charge in [-0.15, -0.1) is 0 Å². The first kappa shape index (κ1) is 14.0. The van der Waals surface area contributed by atoms with Gasteiger partial charge in [0.1, 0.15) is 5.92 Å². The second kappa shape index (κ2) is 5.32. The Hall–Kier alpha value is -2.37. The van der Waals surface area contributed by atoms with Gasteiger partial charge in [0.15, 0.2) is 0 Å². The molecule has 1 unspecified atom stereocenters. The second-order valence-electron chi connectivity index (χ2n) is 5.03. The van der Waals surface area contributed by atoms with Gasteiger partial charge in [0.2, 0.25) is 5.91 Å². The highest BCUT2D eigenvalue weighted by Crippen LogP contribution is 2.20. The summed E-state index contributed by atoms with van der Waals surface area (Å²) in [5, 5.41) is 16.8. The second-order valence-corrected chi connectivity index (χ2v) is 5.03. The van der Waals surface area contributed by atoms with E-state index in [1.165, 1.54) is 6.92 Å². The molecule has 0 aliphatic rings. The predicted molar refractivity (Wildman–Crippen MR) is 75.5 cm³/mol. The van der Waals surface area contributed by atoms with E-state index in [0.29, 0.717) is 5.69 Å². The van der Waals surface area contributed by atoms with Gasteiger partial charge in [-0.25, -0.2) is 0 Å². The summed E-state index contributed by atoms with van der Waals surface area (Å²) >= 11 is 0. The number of carboxylic acids is 1. The van der Waals surface area contributed by atoms with E-state index in [2.05, 4.69) is 10.4 Å². The van der Waals surface area contributed by atoms with Crippen molar-refractivity contribution in [2.75, 3.05) is 5.32 Å². The minimum atomic E-state index is -1.15. The molecule has 0 bridgehead atoms. The average molecular weight is 275 g/mol. The van der Waals surface area contributed by atoms with Crippen molar-refractivity contribution in [3.8, 4) is 0 Å². The lowest BCUT2D eigenvalue weighted by Crippen LogP contribution is -2.26. The number of anilines is 1. The Morgan fingerprint density at radius 3 is 2.60 bits per heavy atom. The number of hydrogen-bond donors (Lipinski definition) is 2. The first-order valence-electron chi connectivity index (χ1n) is 6.41. The van der Waals surface area contributed by atoms with Crippen molar-refractivity contribution in [1.82, 2.24) is 9.78 Å². The highest BCUT2D eigenvalue weighted by Gasteiger charge is 2.20. The number of nitrogens with one attached hydrogen (secondary N) is 1. The number of fused-ring (bicyclic) bond motifs is 1. The standard InChI is InChI=1S/C14H17N3O3/c1-8(2)17-7-10-4-5-11(6-12(10)16-17)15-13(18)9(3)14(19)20/h4-9H,1-3H3,(H,15,18)(H,19,20). The van der Waals surface area contributed by atoms with Crippen LogP contribution in [-0.2, 0) is 9.59 Å². The molecule has 1 amide bonds. The maximum atomic E-state index is 11.7. The van der Waals surface area contributed by atoms with Crippen molar-refractivity contribution in [2.45, 2.75) is 26.8 Å². The molecular formula is C14H17N3O3. The number of rotatable bonds is 4. The topological polar surface area (TPSA) is 84.2 Å². The third-order valence-electron chi connectivity index (χ3n) is 3.09. The monoisotopic (exact) mass is 275 g/mol. The Morgan fingerprint density at radius 2 is 2.00 bits per heavy atom. The summed E-state index contributed by atoms with van der Waals surface area (Å²) in [7, 11) is 0. The fourth-order valence-corrected chi connectivity index (χ4v) is 1.74. The van der Waals surface area contributed by atoms with Crippen molar-refractivity contribution >= 4 is 28.5 Å². The molecule has 6 nitrogen and oxygen atoms in total. The number of amides is 1. The molecule has 0 aliphatic carbocycles. The minimum absolute atomic E-state index is 0.257. The largest absolute Gasteiger partial charge is 0.481 e. The molecule has 2 rings (SSSR count). The molecule has 2 aromatic rings. The summed E-state index contributed by atoms with van der Waals surface area (Å²) < 4.78 is 1.84. The molecular weight excluding hydrogens is 258 g/mol. The van der Waals surface area contributed by atoms with Gasteiger partial charge in [-0.1, -0.05) is 0 Å². The van der Waals surface area contributed by atoms with Crippen LogP contribution in [-0.4, -0.2) is 26.8 Å². The van der Waals surface area contributed by atoms with Gasteiger partial charge in [-0.05, 0) is 39.0 Å². The number of carbonyl (C=O) groups excluding carboxylic acids is 1. The van der Waals surface area contributed by atoms with Gasteiger partial charge < -0.3 is 10.4 Å². The fraction of sp³-hybridized carbons (Fsp3) is 0.357. The Labute approximate surface area is 116 Å². The minimum Gasteiger partial charge on any atom is -0.481 e. The smallest absolute Gasteiger partial charge is 0.315 e. The number of nitrogens with zero attached hydrogens (tertiary/aromatic N) is 2. The third kappa shape index (κ3) is 2.79. The van der Waals surface area contributed by atoms with Crippen LogP contribution < -0.4 is 5.32 Å². The van der Waals surface area contributed by atoms with E-state index in [1.54, 1.807) is 12.1 Å². The zero-order valence-corrected chi connectivity index (χ0v) is 11.6. The van der Waals surface area contributed by atoms with Gasteiger partial charge in [0.25, 0.3) is 0 Å². The molecule has 0 saturated carbocycles. The molecule has 0 saturated heterocycles. The van der Waals surface area contributed by atoms with Crippen molar-refractivity contribution < 1.29 is 14.7 Å². The molecule has 1 heterocycles. The van der Waals surface area contributed by atoms with Gasteiger partial charge in [-0.2, -0.15) is 5.10 Å². The summed E-state index contributed by atoms with van der Waals surface area (Å²) in [6.07, 6.45) is 1.94. The highest BCUT2D eigenvalue weighted by atomic mass is 16.4. The van der Waals surface area contributed by atoms with Crippen LogP contribution in [0.25, 0.3) is 10.9 Å². The number of aromatic nitrogens is 2. The van der Waals surface area contributed by atoms with E-state index in [9.17, 15) is 9.59 Å². The average Bonchev–Trinajstić information content (AvgIpc) is 2.80. The molecule has 20 heavy (non-hydrogen) atoms. The van der Waals surface area contributed by atoms with Crippen LogP contribution in [0.3, 0.4) is 0 Å². The molecule has 106 valence electrons. The lowest BCUT2D eigenvalue weighted by Gasteiger charge is -2.07. The summed E-state index contributed by atoms with van der Waals surface area (Å²) in [6.45, 7) is 5.41. The number of benzene rings is 1. The summed E-state index contributed by atoms with van der Waals surface area (Å²) in [4.78, 5) is 22.4. The van der Waals surface area contributed by atoms with Crippen LogP contribution in [0.2, 0.25) is 0 Å². The van der Waals surface area contributed by atoms with Crippen LogP contribution in [0.5, 0.6) is 0 Å². The third-order valence-corrected chi connectivity index (χ3v) is 3.09. The van der Waals surface area contributed by atoms with Crippen LogP contribution in [0.15, 0.2) is 24.4 Å². The maximum Gasteiger partial charge on any atom is 0.315 e. The number of hydrogen-bond acceptors (Lipinski definition) is 3. The quantitative estimate of drug-likeness (QED) is 0.838. The van der Waals surface area contributed by atoms with Gasteiger partial charge in [0, 0.05) is 23.3 Å². The van der Waals surface area contributed by atoms with E-state index < -0.39 is 17.8 Å². The van der Waals surface area contributed by atoms with Crippen LogP contribution in [0, 0.1) is 5.92 Å². The number of carboxylic acid groups (broad SMARTS) is 1. The Morgan fingerprint density at radius 1 is 1.30 bits per heavy atom. The van der Waals surface area contributed by atoms with Gasteiger partial charge in [0.05, 0.1) is 5.52 Å². The Balaban J connectivity index is 2.23. The lowest BCUT2D eigenvalue weighted by atomic mass is 10.1. The molecule has 6 heteroatoms. The van der Waals surface area contributed by atoms with Crippen LogP contribution in [0.1, 0.15) is 26.8 Å². The summed E-state index contributed by atoms with van der Waals surface area (Å²) in [5.74, 6) is -2.77. The Kier molecular flexibility index (Phi) is 3.74. The highest BCUT2D eigenvalue weighted by molar-refractivity contribution is 6.04. The zero-order valence-electron chi connectivity index (χ0n) is 11.6. The maximum absolute atomic E-state index is 11.7. The fourth-order valence-electron chi connectivity index (χ4n) is 1.74. The molecule has 1 aromatic carbocycles. The molecule has 0 spiro atoms. The number of carbonyl (C=O) groups is 2. The van der Waals surface area contributed by atoms with E-state index in [4.69, 9.17) is 5.11 Å². The summed E-state index contributed by atoms with van der Waals surface area (Å²) in [6, 6.07) is 5.58. The molecule has 1 aromatic heterocycles. The molecule has 0 aliphatic heterocycles. The molecule has 0 radical (unpaired) electrons. The van der Waals surface area contributed by atoms with Crippen LogP contribution >= 0.6 is 0 Å². The predicted octanol–water partition coefficient (Wildman–Crippen LogP) is 2.28. The van der Waals surface area contributed by atoms with E-state index in [-0.39, 0.29) is 6.04 Å². The van der Waals surface area contributed by atoms with E-state index in [0.717, 1.165) is 10.9 Å². The first-order chi connectivity index (χ1) is 9.38. The van der Waals surface area contributed by atoms with Crippen molar-refractivity contribution in [1.29, 1.82) is 0 Å². The van der Waals surface area contributed by atoms with Crippen molar-refractivity contribution in [2.24, 2.45) is 5.92 Å². The van der Waals surface area contributed by atoms with Gasteiger partial charge >= 0.3 is 5.97 Å². The zero-order chi connectivity index (χ0) is 14.9.